The van der Waals surface area contributed by atoms with Crippen molar-refractivity contribution >= 4 is 28.1 Å². The van der Waals surface area contributed by atoms with Crippen LogP contribution in [0.1, 0.15) is 11.3 Å². The molecule has 2 rings (SSSR count). The molecule has 104 valence electrons. The van der Waals surface area contributed by atoms with E-state index in [4.69, 9.17) is 4.74 Å². The van der Waals surface area contributed by atoms with E-state index < -0.39 is 0 Å². The molecule has 1 aromatic heterocycles. The van der Waals surface area contributed by atoms with Gasteiger partial charge >= 0.3 is 0 Å². The fraction of sp³-hybridized carbons (Fsp3) is 0.167. The standard InChI is InChI=1S/C12H12BrN5O2/c1-7-11(19)15-12(18-16-7)17-14-6-8-3-4-10(20-2)9(13)5-8/h3-6H,1-2H3,(H2,15,17,18,19)/b14-6+. The molecule has 0 unspecified atom stereocenters. The summed E-state index contributed by atoms with van der Waals surface area (Å²) in [6, 6.07) is 5.52. The summed E-state index contributed by atoms with van der Waals surface area (Å²) in [6.07, 6.45) is 1.59. The Balaban J connectivity index is 2.08. The van der Waals surface area contributed by atoms with E-state index in [1.54, 1.807) is 20.2 Å². The van der Waals surface area contributed by atoms with Gasteiger partial charge in [0.25, 0.3) is 5.56 Å². The zero-order valence-electron chi connectivity index (χ0n) is 10.8. The number of halogens is 1. The fourth-order valence-corrected chi connectivity index (χ4v) is 1.93. The number of anilines is 1. The highest BCUT2D eigenvalue weighted by Gasteiger charge is 2.00. The van der Waals surface area contributed by atoms with Crippen molar-refractivity contribution in [1.29, 1.82) is 0 Å². The molecule has 0 spiro atoms. The number of rotatable bonds is 4. The molecule has 0 aliphatic rings. The van der Waals surface area contributed by atoms with E-state index >= 15 is 0 Å². The lowest BCUT2D eigenvalue weighted by Crippen LogP contribution is -2.15. The maximum Gasteiger partial charge on any atom is 0.274 e. The van der Waals surface area contributed by atoms with Gasteiger partial charge in [-0.2, -0.15) is 5.10 Å². The van der Waals surface area contributed by atoms with Crippen molar-refractivity contribution in [3.8, 4) is 5.75 Å². The summed E-state index contributed by atoms with van der Waals surface area (Å²) in [5, 5.41) is 11.4. The van der Waals surface area contributed by atoms with Crippen molar-refractivity contribution in [2.75, 3.05) is 12.5 Å². The monoisotopic (exact) mass is 337 g/mol. The van der Waals surface area contributed by atoms with Gasteiger partial charge in [-0.15, -0.1) is 10.2 Å². The number of methoxy groups -OCH3 is 1. The number of ether oxygens (including phenoxy) is 1. The second-order valence-corrected chi connectivity index (χ2v) is 4.71. The predicted octanol–water partition coefficient (Wildman–Crippen LogP) is 1.69. The molecule has 0 bridgehead atoms. The van der Waals surface area contributed by atoms with Crippen LogP contribution < -0.4 is 15.7 Å². The third-order valence-corrected chi connectivity index (χ3v) is 3.04. The molecule has 0 atom stereocenters. The van der Waals surface area contributed by atoms with Crippen molar-refractivity contribution in [2.24, 2.45) is 5.10 Å². The Labute approximate surface area is 123 Å². The molecule has 0 aliphatic heterocycles. The summed E-state index contributed by atoms with van der Waals surface area (Å²) >= 11 is 3.38. The number of aromatic nitrogens is 3. The Morgan fingerprint density at radius 1 is 1.45 bits per heavy atom. The van der Waals surface area contributed by atoms with Gasteiger partial charge in [-0.1, -0.05) is 0 Å². The smallest absolute Gasteiger partial charge is 0.274 e. The van der Waals surface area contributed by atoms with Gasteiger partial charge in [0.1, 0.15) is 11.4 Å². The van der Waals surface area contributed by atoms with Crippen LogP contribution in [0.4, 0.5) is 5.95 Å². The van der Waals surface area contributed by atoms with Gasteiger partial charge in [-0.3, -0.25) is 9.78 Å². The Morgan fingerprint density at radius 2 is 2.25 bits per heavy atom. The van der Waals surface area contributed by atoms with Gasteiger partial charge < -0.3 is 4.74 Å². The molecular formula is C12H12BrN5O2. The Bertz CT molecular complexity index is 698. The van der Waals surface area contributed by atoms with Gasteiger partial charge in [0.05, 0.1) is 17.8 Å². The average molecular weight is 338 g/mol. The molecule has 1 aromatic carbocycles. The van der Waals surface area contributed by atoms with Gasteiger partial charge in [0, 0.05) is 0 Å². The number of nitrogens with one attached hydrogen (secondary N) is 2. The molecule has 2 aromatic rings. The quantitative estimate of drug-likeness (QED) is 0.654. The third kappa shape index (κ3) is 3.41. The zero-order chi connectivity index (χ0) is 14.5. The topological polar surface area (TPSA) is 92.3 Å². The molecule has 0 fully saturated rings. The van der Waals surface area contributed by atoms with Crippen LogP contribution in [-0.4, -0.2) is 28.5 Å². The first-order valence-corrected chi connectivity index (χ1v) is 6.45. The van der Waals surface area contributed by atoms with E-state index in [1.807, 2.05) is 18.2 Å². The minimum atomic E-state index is -0.301. The molecule has 8 heteroatoms. The van der Waals surface area contributed by atoms with Crippen molar-refractivity contribution in [3.05, 3.63) is 44.3 Å². The molecule has 1 heterocycles. The summed E-state index contributed by atoms with van der Waals surface area (Å²) in [5.74, 6) is 0.924. The number of benzene rings is 1. The van der Waals surface area contributed by atoms with Crippen LogP contribution in [0.15, 0.2) is 32.6 Å². The van der Waals surface area contributed by atoms with E-state index in [-0.39, 0.29) is 11.5 Å². The van der Waals surface area contributed by atoms with Crippen molar-refractivity contribution in [3.63, 3.8) is 0 Å². The van der Waals surface area contributed by atoms with E-state index in [9.17, 15) is 4.79 Å². The van der Waals surface area contributed by atoms with Crippen LogP contribution in [0, 0.1) is 6.92 Å². The number of aryl methyl sites for hydroxylation is 1. The van der Waals surface area contributed by atoms with Crippen LogP contribution >= 0.6 is 15.9 Å². The normalized spacial score (nSPS) is 10.8. The molecule has 0 saturated carbocycles. The number of hydrogen-bond acceptors (Lipinski definition) is 6. The predicted molar refractivity (Wildman–Crippen MR) is 79.3 cm³/mol. The maximum atomic E-state index is 11.3. The second-order valence-electron chi connectivity index (χ2n) is 3.85. The average Bonchev–Trinajstić information content (AvgIpc) is 2.43. The summed E-state index contributed by atoms with van der Waals surface area (Å²) in [5.41, 5.74) is 3.46. The number of H-pyrrole nitrogens is 1. The fourth-order valence-electron chi connectivity index (χ4n) is 1.37. The van der Waals surface area contributed by atoms with Gasteiger partial charge in [0.2, 0.25) is 5.95 Å². The largest absolute Gasteiger partial charge is 0.496 e. The van der Waals surface area contributed by atoms with Crippen molar-refractivity contribution in [2.45, 2.75) is 6.92 Å². The SMILES string of the molecule is COc1ccc(/C=N/Nc2nnc(C)c(=O)[nH]2)cc1Br. The van der Waals surface area contributed by atoms with Gasteiger partial charge in [0.15, 0.2) is 0 Å². The highest BCUT2D eigenvalue weighted by atomic mass is 79.9. The molecule has 2 N–H and O–H groups in total. The van der Waals surface area contributed by atoms with E-state index in [0.717, 1.165) is 15.8 Å². The van der Waals surface area contributed by atoms with Crippen molar-refractivity contribution in [1.82, 2.24) is 15.2 Å². The highest BCUT2D eigenvalue weighted by molar-refractivity contribution is 9.10. The van der Waals surface area contributed by atoms with Gasteiger partial charge in [-0.25, -0.2) is 5.43 Å². The molecular weight excluding hydrogens is 326 g/mol. The first-order chi connectivity index (χ1) is 9.60. The summed E-state index contributed by atoms with van der Waals surface area (Å²) < 4.78 is 5.96. The number of aromatic amines is 1. The first kappa shape index (κ1) is 14.2. The Morgan fingerprint density at radius 3 is 2.90 bits per heavy atom. The van der Waals surface area contributed by atoms with Crippen LogP contribution in [0.25, 0.3) is 0 Å². The lowest BCUT2D eigenvalue weighted by Gasteiger charge is -2.03. The van der Waals surface area contributed by atoms with E-state index in [1.165, 1.54) is 0 Å². The molecule has 0 saturated heterocycles. The summed E-state index contributed by atoms with van der Waals surface area (Å²) in [7, 11) is 1.60. The van der Waals surface area contributed by atoms with Crippen molar-refractivity contribution < 1.29 is 4.74 Å². The molecule has 0 radical (unpaired) electrons. The summed E-state index contributed by atoms with van der Waals surface area (Å²) in [4.78, 5) is 13.8. The van der Waals surface area contributed by atoms with Crippen LogP contribution in [0.5, 0.6) is 5.75 Å². The van der Waals surface area contributed by atoms with E-state index in [2.05, 4.69) is 41.6 Å². The number of hydrazone groups is 1. The second kappa shape index (κ2) is 6.29. The van der Waals surface area contributed by atoms with Gasteiger partial charge in [-0.05, 0) is 46.6 Å². The lowest BCUT2D eigenvalue weighted by atomic mass is 10.2. The Kier molecular flexibility index (Phi) is 4.46. The third-order valence-electron chi connectivity index (χ3n) is 2.42. The Hall–Kier alpha value is -2.22. The minimum Gasteiger partial charge on any atom is -0.496 e. The number of nitrogens with zero attached hydrogens (tertiary/aromatic N) is 3. The maximum absolute atomic E-state index is 11.3. The molecule has 0 amide bonds. The molecule has 20 heavy (non-hydrogen) atoms. The highest BCUT2D eigenvalue weighted by Crippen LogP contribution is 2.24. The lowest BCUT2D eigenvalue weighted by molar-refractivity contribution is 0.412. The molecule has 7 nitrogen and oxygen atoms in total. The van der Waals surface area contributed by atoms with E-state index in [0.29, 0.717) is 5.69 Å². The number of hydrogen-bond donors (Lipinski definition) is 2. The first-order valence-electron chi connectivity index (χ1n) is 5.66. The summed E-state index contributed by atoms with van der Waals surface area (Å²) in [6.45, 7) is 1.58. The minimum absolute atomic E-state index is 0.185. The molecule has 0 aliphatic carbocycles. The van der Waals surface area contributed by atoms with Crippen LogP contribution in [-0.2, 0) is 0 Å². The van der Waals surface area contributed by atoms with Crippen LogP contribution in [0.3, 0.4) is 0 Å². The van der Waals surface area contributed by atoms with Crippen LogP contribution in [0.2, 0.25) is 0 Å². The zero-order valence-corrected chi connectivity index (χ0v) is 12.4.